The van der Waals surface area contributed by atoms with Crippen LogP contribution in [0.4, 0.5) is 0 Å². The number of unbranched alkanes of at least 4 members (excludes halogenated alkanes) is 1. The van der Waals surface area contributed by atoms with Gasteiger partial charge >= 0.3 is 0 Å². The highest BCUT2D eigenvalue weighted by molar-refractivity contribution is 5.95. The lowest BCUT2D eigenvalue weighted by Gasteiger charge is -2.05. The molecule has 0 aliphatic rings. The maximum absolute atomic E-state index is 11.4. The van der Waals surface area contributed by atoms with Crippen molar-refractivity contribution in [1.29, 1.82) is 0 Å². The molecule has 0 aromatic carbocycles. The Hall–Kier alpha value is -0.630. The number of aliphatic hydroxyl groups excluding tert-OH is 1. The summed E-state index contributed by atoms with van der Waals surface area (Å²) >= 11 is 0. The first-order chi connectivity index (χ1) is 6.11. The first-order valence-corrected chi connectivity index (χ1v) is 5.03. The van der Waals surface area contributed by atoms with Crippen molar-refractivity contribution in [2.75, 3.05) is 0 Å². The third-order valence-corrected chi connectivity index (χ3v) is 1.92. The molecule has 0 fully saturated rings. The second-order valence-electron chi connectivity index (χ2n) is 3.31. The molecule has 0 aromatic rings. The highest BCUT2D eigenvalue weighted by Gasteiger charge is 2.07. The second-order valence-corrected chi connectivity index (χ2v) is 3.31. The first-order valence-electron chi connectivity index (χ1n) is 5.03. The van der Waals surface area contributed by atoms with E-state index in [-0.39, 0.29) is 5.78 Å². The van der Waals surface area contributed by atoms with E-state index < -0.39 is 6.10 Å². The van der Waals surface area contributed by atoms with Gasteiger partial charge in [-0.2, -0.15) is 0 Å². The molecule has 13 heavy (non-hydrogen) atoms. The predicted molar refractivity (Wildman–Crippen MR) is 54.6 cm³/mol. The van der Waals surface area contributed by atoms with Gasteiger partial charge in [-0.25, -0.2) is 0 Å². The molecule has 2 heteroatoms. The molecule has 2 nitrogen and oxygen atoms in total. The van der Waals surface area contributed by atoms with Gasteiger partial charge in [0.1, 0.15) is 0 Å². The van der Waals surface area contributed by atoms with Crippen molar-refractivity contribution in [3.05, 3.63) is 11.6 Å². The van der Waals surface area contributed by atoms with Crippen LogP contribution >= 0.6 is 0 Å². The van der Waals surface area contributed by atoms with Gasteiger partial charge in [-0.1, -0.05) is 20.3 Å². The number of ketones is 1. The van der Waals surface area contributed by atoms with E-state index in [4.69, 9.17) is 5.11 Å². The van der Waals surface area contributed by atoms with E-state index in [0.29, 0.717) is 6.42 Å². The van der Waals surface area contributed by atoms with Gasteiger partial charge in [-0.05, 0) is 31.4 Å². The maximum atomic E-state index is 11.4. The molecule has 0 spiro atoms. The zero-order valence-corrected chi connectivity index (χ0v) is 8.84. The Morgan fingerprint density at radius 3 is 2.46 bits per heavy atom. The van der Waals surface area contributed by atoms with Gasteiger partial charge in [0.25, 0.3) is 0 Å². The summed E-state index contributed by atoms with van der Waals surface area (Å²) < 4.78 is 0. The van der Waals surface area contributed by atoms with Crippen LogP contribution in [0.5, 0.6) is 0 Å². The summed E-state index contributed by atoms with van der Waals surface area (Å²) in [4.78, 5) is 11.4. The number of Topliss-reactive ketones (excluding diaryl/α,β-unsaturated/α-hetero) is 1. The Kier molecular flexibility index (Phi) is 6.51. The van der Waals surface area contributed by atoms with E-state index >= 15 is 0 Å². The quantitative estimate of drug-likeness (QED) is 0.644. The van der Waals surface area contributed by atoms with Crippen LogP contribution in [-0.4, -0.2) is 17.0 Å². The second kappa shape index (κ2) is 6.84. The highest BCUT2D eigenvalue weighted by atomic mass is 16.3. The van der Waals surface area contributed by atoms with Gasteiger partial charge in [-0.3, -0.25) is 4.79 Å². The van der Waals surface area contributed by atoms with Crippen LogP contribution in [0.3, 0.4) is 0 Å². The van der Waals surface area contributed by atoms with Crippen LogP contribution < -0.4 is 0 Å². The Labute approximate surface area is 80.7 Å². The summed E-state index contributed by atoms with van der Waals surface area (Å²) in [7, 11) is 0. The molecule has 0 amide bonds. The number of carbonyl (C=O) groups excluding carboxylic acids is 1. The van der Waals surface area contributed by atoms with E-state index in [1.54, 1.807) is 13.0 Å². The summed E-state index contributed by atoms with van der Waals surface area (Å²) in [6, 6.07) is 0. The fourth-order valence-corrected chi connectivity index (χ4v) is 1.20. The molecule has 1 atom stereocenters. The Balaban J connectivity index is 4.27. The van der Waals surface area contributed by atoms with Crippen LogP contribution in [0.25, 0.3) is 0 Å². The molecular formula is C11H20O2. The Bertz CT molecular complexity index is 181. The van der Waals surface area contributed by atoms with Crippen molar-refractivity contribution in [1.82, 2.24) is 0 Å². The zero-order chi connectivity index (χ0) is 10.3. The summed E-state index contributed by atoms with van der Waals surface area (Å²) in [5.41, 5.74) is 0.791. The topological polar surface area (TPSA) is 37.3 Å². The molecule has 0 radical (unpaired) electrons. The SMILES string of the molecule is CCCC/C(=C\C(C)O)C(=O)CC. The first kappa shape index (κ1) is 12.4. The van der Waals surface area contributed by atoms with Crippen molar-refractivity contribution in [3.63, 3.8) is 0 Å². The highest BCUT2D eigenvalue weighted by Crippen LogP contribution is 2.11. The number of carbonyl (C=O) groups is 1. The van der Waals surface area contributed by atoms with Gasteiger partial charge in [0.15, 0.2) is 5.78 Å². The van der Waals surface area contributed by atoms with Crippen LogP contribution in [0, 0.1) is 0 Å². The number of allylic oxidation sites excluding steroid dienone is 1. The third-order valence-electron chi connectivity index (χ3n) is 1.92. The fraction of sp³-hybridized carbons (Fsp3) is 0.727. The van der Waals surface area contributed by atoms with Crippen molar-refractivity contribution in [2.24, 2.45) is 0 Å². The monoisotopic (exact) mass is 184 g/mol. The minimum Gasteiger partial charge on any atom is -0.389 e. The molecular weight excluding hydrogens is 164 g/mol. The molecule has 0 aliphatic carbocycles. The molecule has 76 valence electrons. The van der Waals surface area contributed by atoms with Crippen molar-refractivity contribution in [2.45, 2.75) is 52.6 Å². The normalized spacial score (nSPS) is 14.3. The number of hydrogen-bond acceptors (Lipinski definition) is 2. The molecule has 1 unspecified atom stereocenters. The lowest BCUT2D eigenvalue weighted by Crippen LogP contribution is -2.05. The van der Waals surface area contributed by atoms with Gasteiger partial charge < -0.3 is 5.11 Å². The zero-order valence-electron chi connectivity index (χ0n) is 8.84. The number of rotatable bonds is 6. The molecule has 0 saturated carbocycles. The lowest BCUT2D eigenvalue weighted by molar-refractivity contribution is -0.115. The van der Waals surface area contributed by atoms with E-state index in [0.717, 1.165) is 24.8 Å². The average Bonchev–Trinajstić information content (AvgIpc) is 2.10. The Morgan fingerprint density at radius 2 is 2.08 bits per heavy atom. The molecule has 0 rings (SSSR count). The Morgan fingerprint density at radius 1 is 1.46 bits per heavy atom. The molecule has 0 bridgehead atoms. The van der Waals surface area contributed by atoms with Crippen LogP contribution in [-0.2, 0) is 4.79 Å². The van der Waals surface area contributed by atoms with Gasteiger partial charge in [0.05, 0.1) is 6.10 Å². The van der Waals surface area contributed by atoms with Crippen molar-refractivity contribution in [3.8, 4) is 0 Å². The van der Waals surface area contributed by atoms with Gasteiger partial charge in [-0.15, -0.1) is 0 Å². The van der Waals surface area contributed by atoms with Crippen molar-refractivity contribution >= 4 is 5.78 Å². The molecule has 0 aromatic heterocycles. The summed E-state index contributed by atoms with van der Waals surface area (Å²) in [5, 5.41) is 9.14. The van der Waals surface area contributed by atoms with Crippen molar-refractivity contribution < 1.29 is 9.90 Å². The third kappa shape index (κ3) is 5.58. The van der Waals surface area contributed by atoms with Crippen LogP contribution in [0.2, 0.25) is 0 Å². The summed E-state index contributed by atoms with van der Waals surface area (Å²) in [6.07, 6.45) is 4.58. The van der Waals surface area contributed by atoms with Gasteiger partial charge in [0, 0.05) is 6.42 Å². The molecule has 0 saturated heterocycles. The van der Waals surface area contributed by atoms with E-state index in [9.17, 15) is 4.79 Å². The van der Waals surface area contributed by atoms with Crippen LogP contribution in [0.1, 0.15) is 46.5 Å². The standard InChI is InChI=1S/C11H20O2/c1-4-6-7-10(8-9(3)12)11(13)5-2/h8-9,12H,4-7H2,1-3H3/b10-8+. The summed E-state index contributed by atoms with van der Waals surface area (Å²) in [6.45, 7) is 5.62. The maximum Gasteiger partial charge on any atom is 0.158 e. The number of hydrogen-bond donors (Lipinski definition) is 1. The molecule has 0 aliphatic heterocycles. The average molecular weight is 184 g/mol. The van der Waals surface area contributed by atoms with Crippen LogP contribution in [0.15, 0.2) is 11.6 Å². The largest absolute Gasteiger partial charge is 0.389 e. The molecule has 0 heterocycles. The predicted octanol–water partition coefficient (Wildman–Crippen LogP) is 2.46. The minimum atomic E-state index is -0.512. The number of aliphatic hydroxyl groups is 1. The molecule has 1 N–H and O–H groups in total. The minimum absolute atomic E-state index is 0.161. The van der Waals surface area contributed by atoms with Gasteiger partial charge in [0.2, 0.25) is 0 Å². The van der Waals surface area contributed by atoms with E-state index in [1.165, 1.54) is 0 Å². The fourth-order valence-electron chi connectivity index (χ4n) is 1.20. The summed E-state index contributed by atoms with van der Waals surface area (Å²) in [5.74, 6) is 0.161. The van der Waals surface area contributed by atoms with E-state index in [2.05, 4.69) is 6.92 Å². The lowest BCUT2D eigenvalue weighted by atomic mass is 10.0. The smallest absolute Gasteiger partial charge is 0.158 e. The van der Waals surface area contributed by atoms with E-state index in [1.807, 2.05) is 6.92 Å².